The lowest BCUT2D eigenvalue weighted by atomic mass is 10.0. The van der Waals surface area contributed by atoms with Crippen molar-refractivity contribution < 1.29 is 14.6 Å². The number of fused-ring (bicyclic) bond motifs is 1. The summed E-state index contributed by atoms with van der Waals surface area (Å²) in [6, 6.07) is 32.4. The van der Waals surface area contributed by atoms with Gasteiger partial charge in [0.1, 0.15) is 11.6 Å². The molecular weight excluding hydrogens is 486 g/mol. The maximum Gasteiger partial charge on any atom is 0.511 e. The average Bonchev–Trinajstić information content (AvgIpc) is 3.29. The van der Waals surface area contributed by atoms with Crippen molar-refractivity contribution in [3.63, 3.8) is 0 Å². The Kier molecular flexibility index (Phi) is 7.92. The fraction of sp³-hybridized carbons (Fsp3) is 0.212. The summed E-state index contributed by atoms with van der Waals surface area (Å²) in [5.74, 6) is 1.42. The molecule has 0 aliphatic carbocycles. The van der Waals surface area contributed by atoms with Crippen molar-refractivity contribution in [2.75, 3.05) is 11.9 Å². The number of anilines is 1. The van der Waals surface area contributed by atoms with E-state index in [-0.39, 0.29) is 0 Å². The van der Waals surface area contributed by atoms with Crippen LogP contribution in [-0.2, 0) is 19.5 Å². The predicted octanol–water partition coefficient (Wildman–Crippen LogP) is 7.79. The summed E-state index contributed by atoms with van der Waals surface area (Å²) in [5, 5.41) is 9.09. The van der Waals surface area contributed by atoms with E-state index in [4.69, 9.17) is 14.8 Å². The molecule has 0 atom stereocenters. The van der Waals surface area contributed by atoms with Crippen LogP contribution in [0.5, 0.6) is 5.75 Å². The van der Waals surface area contributed by atoms with Crippen LogP contribution in [0.15, 0.2) is 97.1 Å². The fourth-order valence-electron chi connectivity index (χ4n) is 4.91. The number of hydrogen-bond acceptors (Lipinski definition) is 4. The minimum atomic E-state index is -1.32. The SMILES string of the molecule is CCCCc1nc2ccc(N(C)Cc3ccccc3)cc2n1Cc1ccc(-c2ccccc2OC(=O)O)cc1. The first-order chi connectivity index (χ1) is 19.0. The number of para-hydroxylation sites is 1. The normalized spacial score (nSPS) is 11.0. The standard InChI is InChI=1S/C33H33N3O3/c1-3-4-14-32-34-29-20-19-27(35(2)22-24-10-6-5-7-11-24)21-30(29)36(32)23-25-15-17-26(18-16-25)28-12-8-9-13-31(28)39-33(37)38/h5-13,15-21H,3-4,14,22-23H2,1-2H3,(H,37,38). The third-order valence-corrected chi connectivity index (χ3v) is 6.96. The molecule has 0 spiro atoms. The lowest BCUT2D eigenvalue weighted by molar-refractivity contribution is 0.144. The Bertz CT molecular complexity index is 1560. The van der Waals surface area contributed by atoms with Gasteiger partial charge in [-0.2, -0.15) is 0 Å². The Morgan fingerprint density at radius 2 is 1.67 bits per heavy atom. The van der Waals surface area contributed by atoms with E-state index in [1.807, 2.05) is 30.3 Å². The van der Waals surface area contributed by atoms with Gasteiger partial charge in [0.15, 0.2) is 0 Å². The highest BCUT2D eigenvalue weighted by molar-refractivity contribution is 5.81. The summed E-state index contributed by atoms with van der Waals surface area (Å²) >= 11 is 0. The average molecular weight is 520 g/mol. The molecule has 198 valence electrons. The van der Waals surface area contributed by atoms with Crippen molar-refractivity contribution in [2.45, 2.75) is 39.3 Å². The molecule has 0 aliphatic heterocycles. The summed E-state index contributed by atoms with van der Waals surface area (Å²) in [7, 11) is 2.12. The first-order valence-electron chi connectivity index (χ1n) is 13.3. The van der Waals surface area contributed by atoms with Crippen LogP contribution < -0.4 is 9.64 Å². The molecule has 0 radical (unpaired) electrons. The molecule has 0 amide bonds. The molecule has 39 heavy (non-hydrogen) atoms. The Morgan fingerprint density at radius 3 is 2.41 bits per heavy atom. The van der Waals surface area contributed by atoms with Gasteiger partial charge in [-0.3, -0.25) is 0 Å². The number of ether oxygens (including phenoxy) is 1. The first-order valence-corrected chi connectivity index (χ1v) is 13.3. The van der Waals surface area contributed by atoms with Gasteiger partial charge in [0.05, 0.1) is 11.0 Å². The molecule has 5 aromatic rings. The second-order valence-corrected chi connectivity index (χ2v) is 9.79. The summed E-state index contributed by atoms with van der Waals surface area (Å²) < 4.78 is 7.32. The van der Waals surface area contributed by atoms with Crippen LogP contribution >= 0.6 is 0 Å². The lowest BCUT2D eigenvalue weighted by Crippen LogP contribution is -2.16. The van der Waals surface area contributed by atoms with Crippen molar-refractivity contribution in [3.8, 4) is 16.9 Å². The van der Waals surface area contributed by atoms with Gasteiger partial charge in [-0.15, -0.1) is 0 Å². The molecule has 1 aromatic heterocycles. The van der Waals surface area contributed by atoms with Gasteiger partial charge in [-0.1, -0.05) is 86.1 Å². The number of hydrogen-bond donors (Lipinski definition) is 1. The predicted molar refractivity (Wildman–Crippen MR) is 157 cm³/mol. The van der Waals surface area contributed by atoms with Crippen molar-refractivity contribution in [1.29, 1.82) is 0 Å². The molecule has 0 saturated heterocycles. The highest BCUT2D eigenvalue weighted by Gasteiger charge is 2.14. The Morgan fingerprint density at radius 1 is 0.923 bits per heavy atom. The first kappa shape index (κ1) is 26.0. The van der Waals surface area contributed by atoms with Crippen LogP contribution in [0.3, 0.4) is 0 Å². The third kappa shape index (κ3) is 6.12. The molecule has 4 aromatic carbocycles. The van der Waals surface area contributed by atoms with Gasteiger partial charge in [-0.25, -0.2) is 9.78 Å². The third-order valence-electron chi connectivity index (χ3n) is 6.96. The van der Waals surface area contributed by atoms with Gasteiger partial charge >= 0.3 is 6.16 Å². The van der Waals surface area contributed by atoms with Gasteiger partial charge in [0.2, 0.25) is 0 Å². The highest BCUT2D eigenvalue weighted by Crippen LogP contribution is 2.31. The van der Waals surface area contributed by atoms with Gasteiger partial charge < -0.3 is 19.3 Å². The highest BCUT2D eigenvalue weighted by atomic mass is 16.7. The van der Waals surface area contributed by atoms with Crippen molar-refractivity contribution in [1.82, 2.24) is 9.55 Å². The Labute approximate surface area is 229 Å². The van der Waals surface area contributed by atoms with Crippen LogP contribution in [0.4, 0.5) is 10.5 Å². The molecule has 0 saturated carbocycles. The fourth-order valence-corrected chi connectivity index (χ4v) is 4.91. The van der Waals surface area contributed by atoms with E-state index < -0.39 is 6.16 Å². The zero-order valence-corrected chi connectivity index (χ0v) is 22.4. The zero-order chi connectivity index (χ0) is 27.2. The van der Waals surface area contributed by atoms with Gasteiger partial charge in [-0.05, 0) is 47.4 Å². The van der Waals surface area contributed by atoms with Crippen LogP contribution in [-0.4, -0.2) is 27.9 Å². The Hall–Kier alpha value is -4.58. The van der Waals surface area contributed by atoms with E-state index in [9.17, 15) is 4.79 Å². The molecule has 0 fully saturated rings. The monoisotopic (exact) mass is 519 g/mol. The largest absolute Gasteiger partial charge is 0.511 e. The van der Waals surface area contributed by atoms with E-state index in [1.165, 1.54) is 5.56 Å². The minimum absolute atomic E-state index is 0.326. The second kappa shape index (κ2) is 11.9. The van der Waals surface area contributed by atoms with Crippen LogP contribution in [0, 0.1) is 0 Å². The molecule has 1 N–H and O–H groups in total. The molecule has 0 bridgehead atoms. The van der Waals surface area contributed by atoms with Crippen LogP contribution in [0.25, 0.3) is 22.2 Å². The number of imidazole rings is 1. The van der Waals surface area contributed by atoms with E-state index in [0.29, 0.717) is 12.3 Å². The molecular formula is C33H33N3O3. The number of nitrogens with zero attached hydrogens (tertiary/aromatic N) is 3. The quantitative estimate of drug-likeness (QED) is 0.151. The summed E-state index contributed by atoms with van der Waals surface area (Å²) in [4.78, 5) is 18.4. The smallest absolute Gasteiger partial charge is 0.449 e. The van der Waals surface area contributed by atoms with Crippen molar-refractivity contribution in [2.24, 2.45) is 0 Å². The number of aromatic nitrogens is 2. The number of benzene rings is 4. The van der Waals surface area contributed by atoms with Crippen molar-refractivity contribution in [3.05, 3.63) is 114 Å². The van der Waals surface area contributed by atoms with Crippen molar-refractivity contribution >= 4 is 22.9 Å². The van der Waals surface area contributed by atoms with E-state index in [0.717, 1.165) is 65.0 Å². The summed E-state index contributed by atoms with van der Waals surface area (Å²) in [6.07, 6.45) is 1.81. The molecule has 1 heterocycles. The molecule has 6 heteroatoms. The number of rotatable bonds is 10. The summed E-state index contributed by atoms with van der Waals surface area (Å²) in [6.45, 7) is 3.74. The van der Waals surface area contributed by atoms with Crippen LogP contribution in [0.1, 0.15) is 36.7 Å². The minimum Gasteiger partial charge on any atom is -0.449 e. The maximum absolute atomic E-state index is 11.1. The lowest BCUT2D eigenvalue weighted by Gasteiger charge is -2.20. The molecule has 0 unspecified atom stereocenters. The van der Waals surface area contributed by atoms with Crippen LogP contribution in [0.2, 0.25) is 0 Å². The molecule has 5 rings (SSSR count). The number of carboxylic acid groups (broad SMARTS) is 1. The number of carbonyl (C=O) groups is 1. The van der Waals surface area contributed by atoms with Gasteiger partial charge in [0, 0.05) is 37.8 Å². The second-order valence-electron chi connectivity index (χ2n) is 9.79. The van der Waals surface area contributed by atoms with E-state index >= 15 is 0 Å². The molecule has 0 aliphatic rings. The van der Waals surface area contributed by atoms with E-state index in [1.54, 1.807) is 12.1 Å². The number of aryl methyl sites for hydroxylation is 1. The Balaban J connectivity index is 1.44. The van der Waals surface area contributed by atoms with Gasteiger partial charge in [0.25, 0.3) is 0 Å². The topological polar surface area (TPSA) is 67.6 Å². The maximum atomic E-state index is 11.1. The zero-order valence-electron chi connectivity index (χ0n) is 22.4. The summed E-state index contributed by atoms with van der Waals surface area (Å²) in [5.41, 5.74) is 7.36. The van der Waals surface area contributed by atoms with E-state index in [2.05, 4.69) is 78.0 Å². The number of unbranched alkanes of at least 4 members (excludes halogenated alkanes) is 1. The molecule has 6 nitrogen and oxygen atoms in total.